The lowest BCUT2D eigenvalue weighted by Crippen LogP contribution is -2.44. The lowest BCUT2D eigenvalue weighted by atomic mass is 9.94. The molecule has 0 aliphatic heterocycles. The van der Waals surface area contributed by atoms with Crippen LogP contribution in [-0.4, -0.2) is 36.4 Å². The number of aryl methyl sites for hydroxylation is 1. The molecule has 1 N–H and O–H groups in total. The molecule has 1 aromatic rings. The predicted molar refractivity (Wildman–Crippen MR) is 90.6 cm³/mol. The molecule has 0 aromatic heterocycles. The molecule has 5 nitrogen and oxygen atoms in total. The van der Waals surface area contributed by atoms with E-state index < -0.39 is 0 Å². The molecule has 0 heterocycles. The molecule has 0 bridgehead atoms. The number of ether oxygens (including phenoxy) is 1. The van der Waals surface area contributed by atoms with Gasteiger partial charge in [0.05, 0.1) is 12.8 Å². The second-order valence-electron chi connectivity index (χ2n) is 6.19. The average Bonchev–Trinajstić information content (AvgIpc) is 2.53. The second kappa shape index (κ2) is 7.99. The summed E-state index contributed by atoms with van der Waals surface area (Å²) in [5.41, 5.74) is 1.68. The molecule has 2 amide bonds. The van der Waals surface area contributed by atoms with Crippen molar-refractivity contribution >= 4 is 17.5 Å². The highest BCUT2D eigenvalue weighted by Gasteiger charge is 2.25. The lowest BCUT2D eigenvalue weighted by Gasteiger charge is -2.33. The summed E-state index contributed by atoms with van der Waals surface area (Å²) in [7, 11) is 1.57. The predicted octanol–water partition coefficient (Wildman–Crippen LogP) is 3.12. The van der Waals surface area contributed by atoms with Crippen LogP contribution in [0.2, 0.25) is 0 Å². The van der Waals surface area contributed by atoms with Crippen LogP contribution >= 0.6 is 0 Å². The number of anilines is 1. The topological polar surface area (TPSA) is 58.6 Å². The van der Waals surface area contributed by atoms with Crippen LogP contribution in [0.1, 0.15) is 44.6 Å². The van der Waals surface area contributed by atoms with Gasteiger partial charge in [-0.2, -0.15) is 0 Å². The van der Waals surface area contributed by atoms with Crippen LogP contribution < -0.4 is 10.1 Å². The Bertz CT molecular complexity index is 565. The highest BCUT2D eigenvalue weighted by Crippen LogP contribution is 2.26. The zero-order valence-corrected chi connectivity index (χ0v) is 14.2. The summed E-state index contributed by atoms with van der Waals surface area (Å²) in [4.78, 5) is 26.0. The van der Waals surface area contributed by atoms with Gasteiger partial charge >= 0.3 is 0 Å². The fourth-order valence-corrected chi connectivity index (χ4v) is 3.15. The summed E-state index contributed by atoms with van der Waals surface area (Å²) in [5.74, 6) is 0.397. The summed E-state index contributed by atoms with van der Waals surface area (Å²) in [5, 5.41) is 2.87. The highest BCUT2D eigenvalue weighted by atomic mass is 16.5. The Kier molecular flexibility index (Phi) is 6.02. The molecule has 126 valence electrons. The third-order valence-corrected chi connectivity index (χ3v) is 4.36. The second-order valence-corrected chi connectivity index (χ2v) is 6.19. The number of rotatable bonds is 5. The number of nitrogens with zero attached hydrogens (tertiary/aromatic N) is 1. The van der Waals surface area contributed by atoms with Crippen LogP contribution in [0, 0.1) is 6.92 Å². The molecular formula is C18H26N2O3. The third-order valence-electron chi connectivity index (χ3n) is 4.36. The SMILES string of the molecule is COc1ccc(C)cc1NC(=O)CN(C(C)=O)C1CCCCC1. The summed E-state index contributed by atoms with van der Waals surface area (Å²) < 4.78 is 5.27. The lowest BCUT2D eigenvalue weighted by molar-refractivity contribution is -0.135. The quantitative estimate of drug-likeness (QED) is 0.907. The van der Waals surface area contributed by atoms with Crippen LogP contribution in [0.4, 0.5) is 5.69 Å². The van der Waals surface area contributed by atoms with E-state index in [1.54, 1.807) is 12.0 Å². The minimum atomic E-state index is -0.185. The van der Waals surface area contributed by atoms with E-state index in [-0.39, 0.29) is 24.4 Å². The molecule has 0 atom stereocenters. The first-order chi connectivity index (χ1) is 11.0. The molecule has 2 rings (SSSR count). The molecule has 1 saturated carbocycles. The molecule has 1 aromatic carbocycles. The number of carbonyl (C=O) groups is 2. The van der Waals surface area contributed by atoms with Gasteiger partial charge in [-0.15, -0.1) is 0 Å². The number of benzene rings is 1. The van der Waals surface area contributed by atoms with Gasteiger partial charge in [-0.05, 0) is 37.5 Å². The number of methoxy groups -OCH3 is 1. The summed E-state index contributed by atoms with van der Waals surface area (Å²) >= 11 is 0. The van der Waals surface area contributed by atoms with Gasteiger partial charge in [-0.25, -0.2) is 0 Å². The number of hydrogen-bond donors (Lipinski definition) is 1. The molecule has 23 heavy (non-hydrogen) atoms. The van der Waals surface area contributed by atoms with E-state index in [0.29, 0.717) is 11.4 Å². The zero-order valence-electron chi connectivity index (χ0n) is 14.2. The standard InChI is InChI=1S/C18H26N2O3/c1-13-9-10-17(23-3)16(11-13)19-18(22)12-20(14(2)21)15-7-5-4-6-8-15/h9-11,15H,4-8,12H2,1-3H3,(H,19,22). The van der Waals surface area contributed by atoms with Crippen molar-refractivity contribution in [3.05, 3.63) is 23.8 Å². The van der Waals surface area contributed by atoms with E-state index in [9.17, 15) is 9.59 Å². The molecular weight excluding hydrogens is 292 g/mol. The van der Waals surface area contributed by atoms with Gasteiger partial charge in [0, 0.05) is 13.0 Å². The van der Waals surface area contributed by atoms with Gasteiger partial charge in [-0.1, -0.05) is 25.3 Å². The molecule has 5 heteroatoms. The maximum Gasteiger partial charge on any atom is 0.244 e. The van der Waals surface area contributed by atoms with E-state index in [2.05, 4.69) is 5.32 Å². The first-order valence-electron chi connectivity index (χ1n) is 8.23. The van der Waals surface area contributed by atoms with E-state index in [1.807, 2.05) is 25.1 Å². The Hall–Kier alpha value is -2.04. The maximum atomic E-state index is 12.4. The largest absolute Gasteiger partial charge is 0.495 e. The molecule has 0 spiro atoms. The van der Waals surface area contributed by atoms with Crippen molar-refractivity contribution in [1.82, 2.24) is 4.90 Å². The monoisotopic (exact) mass is 318 g/mol. The van der Waals surface area contributed by atoms with Gasteiger partial charge < -0.3 is 15.0 Å². The fraction of sp³-hybridized carbons (Fsp3) is 0.556. The van der Waals surface area contributed by atoms with E-state index in [0.717, 1.165) is 31.2 Å². The Balaban J connectivity index is 2.04. The third kappa shape index (κ3) is 4.71. The average molecular weight is 318 g/mol. The van der Waals surface area contributed by atoms with Crippen LogP contribution in [0.5, 0.6) is 5.75 Å². The van der Waals surface area contributed by atoms with E-state index in [1.165, 1.54) is 13.3 Å². The summed E-state index contributed by atoms with van der Waals surface area (Å²) in [6.45, 7) is 3.59. The van der Waals surface area contributed by atoms with Gasteiger partial charge in [0.15, 0.2) is 0 Å². The van der Waals surface area contributed by atoms with Crippen molar-refractivity contribution in [3.63, 3.8) is 0 Å². The molecule has 1 fully saturated rings. The Labute approximate surface area is 138 Å². The maximum absolute atomic E-state index is 12.4. The molecule has 0 unspecified atom stereocenters. The first-order valence-corrected chi connectivity index (χ1v) is 8.23. The van der Waals surface area contributed by atoms with E-state index >= 15 is 0 Å². The molecule has 0 radical (unpaired) electrons. The van der Waals surface area contributed by atoms with Crippen molar-refractivity contribution in [2.75, 3.05) is 19.0 Å². The number of amides is 2. The van der Waals surface area contributed by atoms with Crippen molar-refractivity contribution in [2.24, 2.45) is 0 Å². The van der Waals surface area contributed by atoms with Gasteiger partial charge in [0.1, 0.15) is 12.3 Å². The zero-order chi connectivity index (χ0) is 16.8. The molecule has 0 saturated heterocycles. The normalized spacial score (nSPS) is 15.1. The van der Waals surface area contributed by atoms with E-state index in [4.69, 9.17) is 4.74 Å². The van der Waals surface area contributed by atoms with Crippen LogP contribution in [0.15, 0.2) is 18.2 Å². The number of nitrogens with one attached hydrogen (secondary N) is 1. The Morgan fingerprint density at radius 3 is 2.57 bits per heavy atom. The van der Waals surface area contributed by atoms with Crippen molar-refractivity contribution < 1.29 is 14.3 Å². The summed E-state index contributed by atoms with van der Waals surface area (Å²) in [6, 6.07) is 5.81. The van der Waals surface area contributed by atoms with Crippen molar-refractivity contribution in [1.29, 1.82) is 0 Å². The Morgan fingerprint density at radius 2 is 1.96 bits per heavy atom. The van der Waals surface area contributed by atoms with Crippen molar-refractivity contribution in [2.45, 2.75) is 52.0 Å². The number of carbonyl (C=O) groups excluding carboxylic acids is 2. The van der Waals surface area contributed by atoms with Crippen LogP contribution in [0.3, 0.4) is 0 Å². The highest BCUT2D eigenvalue weighted by molar-refractivity contribution is 5.95. The number of hydrogen-bond acceptors (Lipinski definition) is 3. The van der Waals surface area contributed by atoms with Gasteiger partial charge in [-0.3, -0.25) is 9.59 Å². The molecule has 1 aliphatic carbocycles. The first kappa shape index (κ1) is 17.3. The minimum absolute atomic E-state index is 0.0387. The smallest absolute Gasteiger partial charge is 0.244 e. The fourth-order valence-electron chi connectivity index (χ4n) is 3.15. The Morgan fingerprint density at radius 1 is 1.26 bits per heavy atom. The van der Waals surface area contributed by atoms with Crippen LogP contribution in [0.25, 0.3) is 0 Å². The van der Waals surface area contributed by atoms with Crippen molar-refractivity contribution in [3.8, 4) is 5.75 Å². The minimum Gasteiger partial charge on any atom is -0.495 e. The molecule has 1 aliphatic rings. The van der Waals surface area contributed by atoms with Gasteiger partial charge in [0.2, 0.25) is 11.8 Å². The summed E-state index contributed by atoms with van der Waals surface area (Å²) in [6.07, 6.45) is 5.44. The van der Waals surface area contributed by atoms with Crippen LogP contribution in [-0.2, 0) is 9.59 Å². The van der Waals surface area contributed by atoms with Gasteiger partial charge in [0.25, 0.3) is 0 Å².